The molecule has 2 rings (SSSR count). The lowest BCUT2D eigenvalue weighted by molar-refractivity contribution is -0.137. The van der Waals surface area contributed by atoms with E-state index in [-0.39, 0.29) is 12.1 Å². The zero-order valence-corrected chi connectivity index (χ0v) is 10.4. The van der Waals surface area contributed by atoms with Gasteiger partial charge < -0.3 is 10.6 Å². The van der Waals surface area contributed by atoms with Crippen molar-refractivity contribution in [2.24, 2.45) is 0 Å². The minimum atomic E-state index is -4.50. The van der Waals surface area contributed by atoms with E-state index in [1.54, 1.807) is 0 Å². The molecule has 2 N–H and O–H groups in total. The van der Waals surface area contributed by atoms with Crippen LogP contribution in [0.1, 0.15) is 24.0 Å². The molecular formula is C13H16F4N2. The van der Waals surface area contributed by atoms with Gasteiger partial charge in [-0.05, 0) is 38.1 Å². The molecule has 0 spiro atoms. The van der Waals surface area contributed by atoms with Crippen molar-refractivity contribution in [1.29, 1.82) is 0 Å². The van der Waals surface area contributed by atoms with Crippen LogP contribution < -0.4 is 10.6 Å². The van der Waals surface area contributed by atoms with Crippen LogP contribution in [-0.4, -0.2) is 19.1 Å². The Morgan fingerprint density at radius 2 is 1.89 bits per heavy atom. The molecule has 1 aromatic carbocycles. The summed E-state index contributed by atoms with van der Waals surface area (Å²) in [6.45, 7) is 2.08. The van der Waals surface area contributed by atoms with Crippen LogP contribution in [0, 0.1) is 5.82 Å². The zero-order chi connectivity index (χ0) is 13.9. The number of nitrogens with one attached hydrogen (secondary N) is 2. The fourth-order valence-corrected chi connectivity index (χ4v) is 2.15. The Kier molecular flexibility index (Phi) is 4.42. The number of hydrogen-bond acceptors (Lipinski definition) is 2. The Balaban J connectivity index is 1.97. The summed E-state index contributed by atoms with van der Waals surface area (Å²) in [4.78, 5) is 0. The second-order valence-electron chi connectivity index (χ2n) is 4.71. The highest BCUT2D eigenvalue weighted by Crippen LogP contribution is 2.30. The molecule has 0 bridgehead atoms. The van der Waals surface area contributed by atoms with Gasteiger partial charge in [0.25, 0.3) is 0 Å². The molecule has 2 nitrogen and oxygen atoms in total. The van der Waals surface area contributed by atoms with E-state index in [1.165, 1.54) is 6.07 Å². The van der Waals surface area contributed by atoms with Crippen molar-refractivity contribution in [2.75, 3.05) is 13.1 Å². The minimum absolute atomic E-state index is 0.259. The number of rotatable bonds is 3. The van der Waals surface area contributed by atoms with E-state index in [0.717, 1.165) is 32.0 Å². The van der Waals surface area contributed by atoms with Gasteiger partial charge in [0.2, 0.25) is 0 Å². The highest BCUT2D eigenvalue weighted by Gasteiger charge is 2.31. The number of benzene rings is 1. The zero-order valence-electron chi connectivity index (χ0n) is 10.4. The fourth-order valence-electron chi connectivity index (χ4n) is 2.15. The number of halogens is 4. The van der Waals surface area contributed by atoms with E-state index >= 15 is 0 Å². The summed E-state index contributed by atoms with van der Waals surface area (Å²) in [7, 11) is 0. The van der Waals surface area contributed by atoms with Gasteiger partial charge in [0.05, 0.1) is 5.56 Å². The van der Waals surface area contributed by atoms with Crippen molar-refractivity contribution < 1.29 is 17.6 Å². The first-order valence-corrected chi connectivity index (χ1v) is 6.26. The molecule has 0 amide bonds. The Bertz CT molecular complexity index is 425. The maximum Gasteiger partial charge on any atom is 0.416 e. The smallest absolute Gasteiger partial charge is 0.317 e. The molecule has 0 atom stereocenters. The number of hydrogen-bond donors (Lipinski definition) is 2. The maximum atomic E-state index is 13.6. The first-order chi connectivity index (χ1) is 8.97. The minimum Gasteiger partial charge on any atom is -0.317 e. The van der Waals surface area contributed by atoms with Crippen molar-refractivity contribution in [1.82, 2.24) is 10.6 Å². The normalized spacial score (nSPS) is 17.7. The lowest BCUT2D eigenvalue weighted by Gasteiger charge is -2.24. The van der Waals surface area contributed by atoms with Gasteiger partial charge in [-0.3, -0.25) is 0 Å². The fraction of sp³-hybridized carbons (Fsp3) is 0.538. The average molecular weight is 276 g/mol. The highest BCUT2D eigenvalue weighted by atomic mass is 19.4. The molecule has 1 aromatic rings. The van der Waals surface area contributed by atoms with Gasteiger partial charge in [-0.2, -0.15) is 13.2 Å². The summed E-state index contributed by atoms with van der Waals surface area (Å²) in [5, 5.41) is 6.38. The molecule has 1 fully saturated rings. The lowest BCUT2D eigenvalue weighted by atomic mass is 10.1. The molecule has 1 aliphatic heterocycles. The van der Waals surface area contributed by atoms with Gasteiger partial charge in [0, 0.05) is 18.2 Å². The molecule has 1 saturated heterocycles. The second kappa shape index (κ2) is 5.88. The Hall–Kier alpha value is -1.14. The van der Waals surface area contributed by atoms with Gasteiger partial charge >= 0.3 is 6.18 Å². The predicted molar refractivity (Wildman–Crippen MR) is 64.1 cm³/mol. The molecule has 0 radical (unpaired) electrons. The van der Waals surface area contributed by atoms with Gasteiger partial charge in [-0.15, -0.1) is 0 Å². The summed E-state index contributed by atoms with van der Waals surface area (Å²) in [6.07, 6.45) is -2.60. The van der Waals surface area contributed by atoms with E-state index in [0.29, 0.717) is 12.1 Å². The third-order valence-corrected chi connectivity index (χ3v) is 3.30. The molecule has 19 heavy (non-hydrogen) atoms. The largest absolute Gasteiger partial charge is 0.416 e. The van der Waals surface area contributed by atoms with E-state index in [1.807, 2.05) is 0 Å². The van der Waals surface area contributed by atoms with Crippen LogP contribution >= 0.6 is 0 Å². The molecule has 0 aromatic heterocycles. The Morgan fingerprint density at radius 3 is 2.47 bits per heavy atom. The average Bonchev–Trinajstić information content (AvgIpc) is 2.37. The van der Waals surface area contributed by atoms with Crippen LogP contribution in [0.25, 0.3) is 0 Å². The topological polar surface area (TPSA) is 24.1 Å². The van der Waals surface area contributed by atoms with Gasteiger partial charge in [-0.1, -0.05) is 6.07 Å². The Labute approximate surface area is 109 Å². The van der Waals surface area contributed by atoms with Crippen LogP contribution in [0.15, 0.2) is 18.2 Å². The van der Waals surface area contributed by atoms with Crippen molar-refractivity contribution in [2.45, 2.75) is 31.6 Å². The second-order valence-corrected chi connectivity index (χ2v) is 4.71. The van der Waals surface area contributed by atoms with E-state index in [2.05, 4.69) is 10.6 Å². The van der Waals surface area contributed by atoms with E-state index in [4.69, 9.17) is 0 Å². The van der Waals surface area contributed by atoms with Crippen LogP contribution in [0.2, 0.25) is 0 Å². The van der Waals surface area contributed by atoms with Crippen molar-refractivity contribution in [3.05, 3.63) is 35.1 Å². The highest BCUT2D eigenvalue weighted by molar-refractivity contribution is 5.26. The first-order valence-electron chi connectivity index (χ1n) is 6.26. The molecule has 1 heterocycles. The van der Waals surface area contributed by atoms with E-state index < -0.39 is 17.6 Å². The molecule has 1 aliphatic rings. The van der Waals surface area contributed by atoms with Gasteiger partial charge in [0.15, 0.2) is 0 Å². The summed E-state index contributed by atoms with van der Waals surface area (Å²) >= 11 is 0. The molecule has 106 valence electrons. The SMILES string of the molecule is Fc1cc(C(F)(F)F)ccc1CNC1CCNCC1. The third-order valence-electron chi connectivity index (χ3n) is 3.30. The Morgan fingerprint density at radius 1 is 1.21 bits per heavy atom. The molecule has 0 unspecified atom stereocenters. The third kappa shape index (κ3) is 3.91. The first kappa shape index (κ1) is 14.3. The summed E-state index contributed by atoms with van der Waals surface area (Å²) in [6, 6.07) is 2.97. The van der Waals surface area contributed by atoms with Crippen LogP contribution in [0.3, 0.4) is 0 Å². The molecule has 0 saturated carbocycles. The quantitative estimate of drug-likeness (QED) is 0.829. The predicted octanol–water partition coefficient (Wildman–Crippen LogP) is 2.69. The summed E-state index contributed by atoms with van der Waals surface area (Å²) in [5.41, 5.74) is -0.679. The monoisotopic (exact) mass is 276 g/mol. The molecule has 0 aliphatic carbocycles. The van der Waals surface area contributed by atoms with Gasteiger partial charge in [-0.25, -0.2) is 4.39 Å². The van der Waals surface area contributed by atoms with Crippen molar-refractivity contribution in [3.8, 4) is 0 Å². The van der Waals surface area contributed by atoms with Crippen LogP contribution in [0.4, 0.5) is 17.6 Å². The van der Waals surface area contributed by atoms with Crippen molar-refractivity contribution >= 4 is 0 Å². The molecular weight excluding hydrogens is 260 g/mol. The molecule has 6 heteroatoms. The standard InChI is InChI=1S/C13H16F4N2/c14-12-7-10(13(15,16)17)2-1-9(12)8-19-11-3-5-18-6-4-11/h1-2,7,11,18-19H,3-6,8H2. The maximum absolute atomic E-state index is 13.6. The summed E-state index contributed by atoms with van der Waals surface area (Å²) < 4.78 is 50.7. The van der Waals surface area contributed by atoms with Crippen LogP contribution in [0.5, 0.6) is 0 Å². The lowest BCUT2D eigenvalue weighted by Crippen LogP contribution is -2.39. The van der Waals surface area contributed by atoms with Gasteiger partial charge in [0.1, 0.15) is 5.82 Å². The van der Waals surface area contributed by atoms with E-state index in [9.17, 15) is 17.6 Å². The summed E-state index contributed by atoms with van der Waals surface area (Å²) in [5.74, 6) is -0.809. The number of piperidine rings is 1. The van der Waals surface area contributed by atoms with Crippen LogP contribution in [-0.2, 0) is 12.7 Å². The van der Waals surface area contributed by atoms with Crippen molar-refractivity contribution in [3.63, 3.8) is 0 Å². The number of alkyl halides is 3.